The molecule has 30 heavy (non-hydrogen) atoms. The van der Waals surface area contributed by atoms with Gasteiger partial charge in [0.15, 0.2) is 5.69 Å². The zero-order valence-electron chi connectivity index (χ0n) is 17.2. The maximum atomic E-state index is 13.5. The Morgan fingerprint density at radius 1 is 1.23 bits per heavy atom. The van der Waals surface area contributed by atoms with E-state index < -0.39 is 17.9 Å². The molecule has 0 radical (unpaired) electrons. The Labute approximate surface area is 179 Å². The number of amides is 3. The molecule has 1 unspecified atom stereocenters. The number of carbonyl (C=O) groups excluding carboxylic acids is 3. The van der Waals surface area contributed by atoms with Gasteiger partial charge in [-0.25, -0.2) is 0 Å². The topological polar surface area (TPSA) is 131 Å². The molecule has 1 atom stereocenters. The molecule has 1 aliphatic carbocycles. The number of hydrogen-bond donors (Lipinski definition) is 3. The van der Waals surface area contributed by atoms with E-state index in [4.69, 9.17) is 11.5 Å². The van der Waals surface area contributed by atoms with Crippen LogP contribution in [-0.2, 0) is 4.79 Å². The van der Waals surface area contributed by atoms with Gasteiger partial charge in [0.1, 0.15) is 10.9 Å². The molecular weight excluding hydrogens is 402 g/mol. The highest BCUT2D eigenvalue weighted by molar-refractivity contribution is 7.09. The fourth-order valence-electron chi connectivity index (χ4n) is 3.74. The summed E-state index contributed by atoms with van der Waals surface area (Å²) >= 11 is 0.813. The number of benzene rings is 1. The summed E-state index contributed by atoms with van der Waals surface area (Å²) in [6.45, 7) is 3.80. The highest BCUT2D eigenvalue weighted by Gasteiger charge is 2.34. The van der Waals surface area contributed by atoms with Crippen LogP contribution in [0.15, 0.2) is 24.3 Å². The van der Waals surface area contributed by atoms with Crippen molar-refractivity contribution in [3.63, 3.8) is 0 Å². The van der Waals surface area contributed by atoms with E-state index in [0.29, 0.717) is 12.1 Å². The number of carbonyl (C=O) groups is 3. The first-order valence-electron chi connectivity index (χ1n) is 10.1. The van der Waals surface area contributed by atoms with E-state index in [2.05, 4.69) is 9.69 Å². The molecule has 0 aliphatic heterocycles. The van der Waals surface area contributed by atoms with Crippen molar-refractivity contribution in [3.8, 4) is 0 Å². The number of primary amides is 1. The van der Waals surface area contributed by atoms with Gasteiger partial charge in [0.2, 0.25) is 5.91 Å². The first-order chi connectivity index (χ1) is 14.3. The van der Waals surface area contributed by atoms with Gasteiger partial charge in [-0.1, -0.05) is 37.5 Å². The summed E-state index contributed by atoms with van der Waals surface area (Å²) in [5.74, 6) is -1.47. The fraction of sp³-hybridized carbons (Fsp3) is 0.429. The van der Waals surface area contributed by atoms with Crippen LogP contribution >= 0.6 is 11.5 Å². The van der Waals surface area contributed by atoms with Gasteiger partial charge < -0.3 is 16.8 Å². The molecule has 9 heteroatoms. The van der Waals surface area contributed by atoms with E-state index in [0.717, 1.165) is 42.8 Å². The number of nitrogens with one attached hydrogen (secondary N) is 1. The van der Waals surface area contributed by atoms with Crippen LogP contribution in [0.2, 0.25) is 0 Å². The second-order valence-electron chi connectivity index (χ2n) is 7.56. The SMILES string of the molecule is CCC(C(=O)NC1CCCC1)N(C(=O)c1snc(C(N)=O)c1N)c1ccc(C)cc1. The summed E-state index contributed by atoms with van der Waals surface area (Å²) in [5, 5.41) is 3.09. The molecule has 1 aromatic carbocycles. The summed E-state index contributed by atoms with van der Waals surface area (Å²) in [6.07, 6.45) is 4.50. The smallest absolute Gasteiger partial charge is 0.272 e. The molecule has 3 amide bonds. The lowest BCUT2D eigenvalue weighted by molar-refractivity contribution is -0.123. The molecule has 5 N–H and O–H groups in total. The molecule has 1 aliphatic rings. The van der Waals surface area contributed by atoms with Gasteiger partial charge in [0.05, 0.1) is 5.69 Å². The Bertz CT molecular complexity index is 935. The summed E-state index contributed by atoms with van der Waals surface area (Å²) in [7, 11) is 0. The molecule has 0 spiro atoms. The predicted molar refractivity (Wildman–Crippen MR) is 118 cm³/mol. The zero-order valence-corrected chi connectivity index (χ0v) is 18.0. The van der Waals surface area contributed by atoms with Crippen LogP contribution in [0, 0.1) is 6.92 Å². The van der Waals surface area contributed by atoms with E-state index in [9.17, 15) is 14.4 Å². The predicted octanol–water partition coefficient (Wildman–Crippen LogP) is 2.62. The fourth-order valence-corrected chi connectivity index (χ4v) is 4.48. The van der Waals surface area contributed by atoms with Crippen LogP contribution < -0.4 is 21.7 Å². The summed E-state index contributed by atoms with van der Waals surface area (Å²) < 4.78 is 3.93. The van der Waals surface area contributed by atoms with E-state index in [-0.39, 0.29) is 28.2 Å². The van der Waals surface area contributed by atoms with Crippen molar-refractivity contribution in [1.82, 2.24) is 9.69 Å². The number of aryl methyl sites for hydroxylation is 1. The molecule has 1 fully saturated rings. The molecule has 1 saturated carbocycles. The Balaban J connectivity index is 1.98. The van der Waals surface area contributed by atoms with Crippen molar-refractivity contribution in [2.45, 2.75) is 58.0 Å². The minimum absolute atomic E-state index is 0.0549. The molecule has 8 nitrogen and oxygen atoms in total. The average molecular weight is 430 g/mol. The van der Waals surface area contributed by atoms with Crippen molar-refractivity contribution in [2.24, 2.45) is 5.73 Å². The van der Waals surface area contributed by atoms with Crippen molar-refractivity contribution in [1.29, 1.82) is 0 Å². The molecular formula is C21H27N5O3S. The third-order valence-corrected chi connectivity index (χ3v) is 6.24. The largest absolute Gasteiger partial charge is 0.395 e. The summed E-state index contributed by atoms with van der Waals surface area (Å²) in [4.78, 5) is 39.7. The normalized spacial score (nSPS) is 15.0. The van der Waals surface area contributed by atoms with E-state index >= 15 is 0 Å². The molecule has 0 saturated heterocycles. The second kappa shape index (κ2) is 9.25. The number of anilines is 2. The molecule has 160 valence electrons. The van der Waals surface area contributed by atoms with Gasteiger partial charge >= 0.3 is 0 Å². The van der Waals surface area contributed by atoms with E-state index in [1.165, 1.54) is 4.90 Å². The number of nitrogens with two attached hydrogens (primary N) is 2. The van der Waals surface area contributed by atoms with Crippen LogP contribution in [0.4, 0.5) is 11.4 Å². The van der Waals surface area contributed by atoms with Gasteiger partial charge in [-0.2, -0.15) is 4.37 Å². The minimum Gasteiger partial charge on any atom is -0.395 e. The highest BCUT2D eigenvalue weighted by atomic mass is 32.1. The van der Waals surface area contributed by atoms with Gasteiger partial charge in [-0.3, -0.25) is 19.3 Å². The molecule has 3 rings (SSSR count). The lowest BCUT2D eigenvalue weighted by Crippen LogP contribution is -2.51. The van der Waals surface area contributed by atoms with Crippen molar-refractivity contribution in [3.05, 3.63) is 40.4 Å². The second-order valence-corrected chi connectivity index (χ2v) is 8.34. The number of aromatic nitrogens is 1. The van der Waals surface area contributed by atoms with Crippen molar-refractivity contribution in [2.75, 3.05) is 10.6 Å². The van der Waals surface area contributed by atoms with Crippen molar-refractivity contribution >= 4 is 40.6 Å². The summed E-state index contributed by atoms with van der Waals surface area (Å²) in [5.41, 5.74) is 12.7. The lowest BCUT2D eigenvalue weighted by Gasteiger charge is -2.31. The van der Waals surface area contributed by atoms with Crippen molar-refractivity contribution < 1.29 is 14.4 Å². The maximum absolute atomic E-state index is 13.5. The first kappa shape index (κ1) is 21.8. The quantitative estimate of drug-likeness (QED) is 0.622. The van der Waals surface area contributed by atoms with Gasteiger partial charge in [0, 0.05) is 11.7 Å². The van der Waals surface area contributed by atoms with Crippen LogP contribution in [0.3, 0.4) is 0 Å². The third-order valence-electron chi connectivity index (χ3n) is 5.39. The summed E-state index contributed by atoms with van der Waals surface area (Å²) in [6, 6.07) is 6.76. The number of rotatable bonds is 7. The molecule has 1 heterocycles. The van der Waals surface area contributed by atoms with Crippen LogP contribution in [0.25, 0.3) is 0 Å². The zero-order chi connectivity index (χ0) is 21.8. The average Bonchev–Trinajstić information content (AvgIpc) is 3.35. The Hall–Kier alpha value is -2.94. The molecule has 1 aromatic heterocycles. The Kier molecular flexibility index (Phi) is 6.71. The van der Waals surface area contributed by atoms with E-state index in [1.54, 1.807) is 12.1 Å². The van der Waals surface area contributed by atoms with E-state index in [1.807, 2.05) is 26.0 Å². The third kappa shape index (κ3) is 4.46. The number of nitrogens with zero attached hydrogens (tertiary/aromatic N) is 2. The molecule has 2 aromatic rings. The molecule has 0 bridgehead atoms. The highest BCUT2D eigenvalue weighted by Crippen LogP contribution is 2.29. The van der Waals surface area contributed by atoms with Crippen LogP contribution in [0.5, 0.6) is 0 Å². The number of hydrogen-bond acceptors (Lipinski definition) is 6. The Morgan fingerprint density at radius 2 is 1.87 bits per heavy atom. The van der Waals surface area contributed by atoms with Crippen LogP contribution in [-0.4, -0.2) is 34.2 Å². The monoisotopic (exact) mass is 429 g/mol. The van der Waals surface area contributed by atoms with Crippen LogP contribution in [0.1, 0.15) is 64.8 Å². The van der Waals surface area contributed by atoms with Gasteiger partial charge in [-0.15, -0.1) is 0 Å². The maximum Gasteiger partial charge on any atom is 0.272 e. The lowest BCUT2D eigenvalue weighted by atomic mass is 10.1. The van der Waals surface area contributed by atoms with Gasteiger partial charge in [0.25, 0.3) is 11.8 Å². The first-order valence-corrected chi connectivity index (χ1v) is 10.9. The Morgan fingerprint density at radius 3 is 2.40 bits per heavy atom. The standard InChI is InChI=1S/C21H27N5O3S/c1-3-15(20(28)24-13-6-4-5-7-13)26(14-10-8-12(2)9-11-14)21(29)18-16(22)17(19(23)27)25-30-18/h8-11,13,15H,3-7,22H2,1-2H3,(H2,23,27)(H,24,28). The number of nitrogen functional groups attached to an aromatic ring is 1. The minimum atomic E-state index is -0.796. The van der Waals surface area contributed by atoms with Gasteiger partial charge in [-0.05, 0) is 49.9 Å².